The van der Waals surface area contributed by atoms with Crippen LogP contribution in [0.3, 0.4) is 0 Å². The summed E-state index contributed by atoms with van der Waals surface area (Å²) in [6.45, 7) is 1.56. The lowest BCUT2D eigenvalue weighted by Gasteiger charge is -2.13. The second-order valence-electron chi connectivity index (χ2n) is 3.80. The van der Waals surface area contributed by atoms with Gasteiger partial charge < -0.3 is 15.1 Å². The van der Waals surface area contributed by atoms with Crippen LogP contribution in [0.5, 0.6) is 0 Å². The number of phosphoric acid groups is 1. The topological polar surface area (TPSA) is 95.9 Å². The number of thioether (sulfide) groups is 1. The van der Waals surface area contributed by atoms with Gasteiger partial charge in [-0.3, -0.25) is 9.32 Å². The molecule has 0 aromatic heterocycles. The zero-order valence-corrected chi connectivity index (χ0v) is 12.3. The summed E-state index contributed by atoms with van der Waals surface area (Å²) in [6.07, 6.45) is 0.768. The summed E-state index contributed by atoms with van der Waals surface area (Å²) >= 11 is 1.62. The molecular formula is C11H16NO5PS. The molecule has 0 bridgehead atoms. The predicted octanol–water partition coefficient (Wildman–Crippen LogP) is 1.52. The number of carbonyl (C=O) groups excluding carboxylic acids is 1. The molecule has 0 aliphatic heterocycles. The molecule has 0 fully saturated rings. The Kier molecular flexibility index (Phi) is 6.03. The second-order valence-corrected chi connectivity index (χ2v) is 5.88. The molecule has 6 nitrogen and oxygen atoms in total. The second kappa shape index (κ2) is 7.07. The van der Waals surface area contributed by atoms with Crippen molar-refractivity contribution in [1.82, 2.24) is 5.32 Å². The van der Waals surface area contributed by atoms with E-state index in [9.17, 15) is 9.36 Å². The van der Waals surface area contributed by atoms with Crippen LogP contribution in [0.15, 0.2) is 29.2 Å². The number of carbonyl (C=O) groups is 1. The molecule has 0 saturated carbocycles. The molecule has 1 rings (SSSR count). The van der Waals surface area contributed by atoms with Crippen molar-refractivity contribution in [3.05, 3.63) is 29.8 Å². The number of rotatable bonds is 6. The average molecular weight is 305 g/mol. The molecule has 1 aromatic carbocycles. The van der Waals surface area contributed by atoms with Crippen LogP contribution in [0.2, 0.25) is 0 Å². The average Bonchev–Trinajstić information content (AvgIpc) is 2.34. The first-order chi connectivity index (χ1) is 8.81. The summed E-state index contributed by atoms with van der Waals surface area (Å²) in [5.41, 5.74) is 0.898. The zero-order chi connectivity index (χ0) is 14.5. The lowest BCUT2D eigenvalue weighted by atomic mass is 10.2. The zero-order valence-electron chi connectivity index (χ0n) is 10.6. The van der Waals surface area contributed by atoms with E-state index in [1.165, 1.54) is 6.92 Å². The van der Waals surface area contributed by atoms with Crippen molar-refractivity contribution in [3.63, 3.8) is 0 Å². The minimum atomic E-state index is -4.65. The van der Waals surface area contributed by atoms with Crippen LogP contribution in [0.4, 0.5) is 0 Å². The van der Waals surface area contributed by atoms with Crippen molar-refractivity contribution in [3.8, 4) is 0 Å². The Morgan fingerprint density at radius 3 is 2.47 bits per heavy atom. The van der Waals surface area contributed by atoms with Gasteiger partial charge in [0.2, 0.25) is 5.91 Å². The van der Waals surface area contributed by atoms with E-state index >= 15 is 0 Å². The van der Waals surface area contributed by atoms with Gasteiger partial charge in [0.05, 0.1) is 0 Å². The maximum atomic E-state index is 11.5. The normalized spacial score (nSPS) is 13.1. The highest BCUT2D eigenvalue weighted by atomic mass is 32.2. The summed E-state index contributed by atoms with van der Waals surface area (Å²) in [6, 6.07) is 7.62. The maximum absolute atomic E-state index is 11.5. The Labute approximate surface area is 115 Å². The minimum absolute atomic E-state index is 0.280. The standard InChI is InChI=1S/C11H16NO5PS/c1-8(17-18(14,15)16)11(13)12-7-9-3-5-10(19-2)6-4-9/h3-6,8H,7H2,1-2H3,(H,12,13)(H2,14,15,16). The van der Waals surface area contributed by atoms with E-state index in [4.69, 9.17) is 9.79 Å². The van der Waals surface area contributed by atoms with Gasteiger partial charge in [0, 0.05) is 11.4 Å². The van der Waals surface area contributed by atoms with Crippen LogP contribution in [0.1, 0.15) is 12.5 Å². The van der Waals surface area contributed by atoms with E-state index in [2.05, 4.69) is 9.84 Å². The smallest absolute Gasteiger partial charge is 0.350 e. The fraction of sp³-hybridized carbons (Fsp3) is 0.364. The Bertz CT molecular complexity index is 472. The lowest BCUT2D eigenvalue weighted by Crippen LogP contribution is -2.33. The molecule has 106 valence electrons. The van der Waals surface area contributed by atoms with Crippen LogP contribution in [-0.2, 0) is 20.4 Å². The molecule has 3 N–H and O–H groups in total. The van der Waals surface area contributed by atoms with Gasteiger partial charge >= 0.3 is 7.82 Å². The third kappa shape index (κ3) is 6.22. The van der Waals surface area contributed by atoms with Crippen molar-refractivity contribution in [2.45, 2.75) is 24.5 Å². The first-order valence-corrected chi connectivity index (χ1v) is 8.22. The number of benzene rings is 1. The largest absolute Gasteiger partial charge is 0.470 e. The van der Waals surface area contributed by atoms with Gasteiger partial charge in [-0.05, 0) is 30.9 Å². The summed E-state index contributed by atoms with van der Waals surface area (Å²) in [4.78, 5) is 29.8. The highest BCUT2D eigenvalue weighted by Crippen LogP contribution is 2.37. The van der Waals surface area contributed by atoms with Gasteiger partial charge in [0.1, 0.15) is 6.10 Å². The molecule has 19 heavy (non-hydrogen) atoms. The summed E-state index contributed by atoms with van der Waals surface area (Å²) in [5.74, 6) is -0.572. The fourth-order valence-corrected chi connectivity index (χ4v) is 2.25. The number of hydrogen-bond acceptors (Lipinski definition) is 4. The van der Waals surface area contributed by atoms with Crippen molar-refractivity contribution >= 4 is 25.5 Å². The molecule has 0 saturated heterocycles. The summed E-state index contributed by atoms with van der Waals surface area (Å²) < 4.78 is 14.9. The van der Waals surface area contributed by atoms with E-state index in [1.807, 2.05) is 30.5 Å². The van der Waals surface area contributed by atoms with Crippen molar-refractivity contribution in [2.75, 3.05) is 6.26 Å². The van der Waals surface area contributed by atoms with Gasteiger partial charge in [-0.1, -0.05) is 12.1 Å². The quantitative estimate of drug-likeness (QED) is 0.545. The SMILES string of the molecule is CSc1ccc(CNC(=O)C(C)OP(=O)(O)O)cc1. The Morgan fingerprint density at radius 1 is 1.42 bits per heavy atom. The Morgan fingerprint density at radius 2 is 2.00 bits per heavy atom. The maximum Gasteiger partial charge on any atom is 0.470 e. The van der Waals surface area contributed by atoms with Crippen LogP contribution in [0.25, 0.3) is 0 Å². The van der Waals surface area contributed by atoms with Crippen LogP contribution in [-0.4, -0.2) is 28.1 Å². The molecule has 1 atom stereocenters. The van der Waals surface area contributed by atoms with Gasteiger partial charge in [-0.15, -0.1) is 11.8 Å². The molecule has 1 amide bonds. The van der Waals surface area contributed by atoms with Crippen molar-refractivity contribution in [1.29, 1.82) is 0 Å². The molecule has 0 aliphatic carbocycles. The molecule has 0 aliphatic rings. The third-order valence-corrected chi connectivity index (χ3v) is 3.62. The van der Waals surface area contributed by atoms with E-state index in [-0.39, 0.29) is 6.54 Å². The lowest BCUT2D eigenvalue weighted by molar-refractivity contribution is -0.128. The highest BCUT2D eigenvalue weighted by molar-refractivity contribution is 7.98. The van der Waals surface area contributed by atoms with Gasteiger partial charge in [-0.2, -0.15) is 0 Å². The molecule has 8 heteroatoms. The van der Waals surface area contributed by atoms with Gasteiger partial charge in [0.25, 0.3) is 0 Å². The number of phosphoric ester groups is 1. The molecular weight excluding hydrogens is 289 g/mol. The van der Waals surface area contributed by atoms with E-state index in [0.29, 0.717) is 0 Å². The molecule has 1 aromatic rings. The van der Waals surface area contributed by atoms with E-state index in [1.54, 1.807) is 11.8 Å². The molecule has 1 unspecified atom stereocenters. The monoisotopic (exact) mass is 305 g/mol. The Hall–Kier alpha value is -0.850. The van der Waals surface area contributed by atoms with Gasteiger partial charge in [-0.25, -0.2) is 4.57 Å². The van der Waals surface area contributed by atoms with Crippen LogP contribution in [0, 0.1) is 0 Å². The van der Waals surface area contributed by atoms with Gasteiger partial charge in [0.15, 0.2) is 0 Å². The molecule has 0 spiro atoms. The Balaban J connectivity index is 2.47. The molecule has 0 heterocycles. The minimum Gasteiger partial charge on any atom is -0.350 e. The molecule has 0 radical (unpaired) electrons. The van der Waals surface area contributed by atoms with Crippen LogP contribution >= 0.6 is 19.6 Å². The van der Waals surface area contributed by atoms with E-state index in [0.717, 1.165) is 10.5 Å². The highest BCUT2D eigenvalue weighted by Gasteiger charge is 2.23. The number of hydrogen-bond donors (Lipinski definition) is 3. The summed E-state index contributed by atoms with van der Waals surface area (Å²) in [5, 5.41) is 2.54. The van der Waals surface area contributed by atoms with E-state index < -0.39 is 19.8 Å². The number of amides is 1. The first-order valence-electron chi connectivity index (χ1n) is 5.46. The fourth-order valence-electron chi connectivity index (χ4n) is 1.33. The predicted molar refractivity (Wildman–Crippen MR) is 72.7 cm³/mol. The van der Waals surface area contributed by atoms with Crippen LogP contribution < -0.4 is 5.32 Å². The van der Waals surface area contributed by atoms with Crippen molar-refractivity contribution < 1.29 is 23.7 Å². The number of nitrogens with one attached hydrogen (secondary N) is 1. The first kappa shape index (κ1) is 16.2. The van der Waals surface area contributed by atoms with Crippen molar-refractivity contribution in [2.24, 2.45) is 0 Å². The summed E-state index contributed by atoms with van der Waals surface area (Å²) in [7, 11) is -4.65. The third-order valence-electron chi connectivity index (χ3n) is 2.29.